The molecule has 7 nitrogen and oxygen atoms in total. The Labute approximate surface area is 112 Å². The van der Waals surface area contributed by atoms with Crippen LogP contribution in [0.1, 0.15) is 0 Å². The molecule has 0 atom stereocenters. The van der Waals surface area contributed by atoms with E-state index >= 15 is 0 Å². The molecule has 0 aliphatic carbocycles. The van der Waals surface area contributed by atoms with Gasteiger partial charge in [-0.2, -0.15) is 24.7 Å². The summed E-state index contributed by atoms with van der Waals surface area (Å²) in [6, 6.07) is 9.23. The Morgan fingerprint density at radius 3 is 2.63 bits per heavy atom. The number of benzene rings is 1. The first kappa shape index (κ1) is 11.5. The van der Waals surface area contributed by atoms with E-state index in [9.17, 15) is 0 Å². The van der Waals surface area contributed by atoms with E-state index in [1.807, 2.05) is 18.2 Å². The molecule has 0 fully saturated rings. The molecule has 0 unspecified atom stereocenters. The highest BCUT2D eigenvalue weighted by Crippen LogP contribution is 2.18. The number of ether oxygens (including phenoxy) is 1. The summed E-state index contributed by atoms with van der Waals surface area (Å²) in [5, 5.41) is 3.93. The van der Waals surface area contributed by atoms with Crippen LogP contribution in [-0.2, 0) is 0 Å². The first-order valence-electron chi connectivity index (χ1n) is 5.31. The smallest absolute Gasteiger partial charge is 0.328 e. The molecule has 0 aliphatic rings. The number of para-hydroxylation sites is 1. The first-order valence-corrected chi connectivity index (χ1v) is 5.68. The Bertz CT molecular complexity index is 673. The van der Waals surface area contributed by atoms with Crippen LogP contribution in [0.15, 0.2) is 43.0 Å². The van der Waals surface area contributed by atoms with E-state index in [1.54, 1.807) is 12.1 Å². The van der Waals surface area contributed by atoms with Crippen molar-refractivity contribution in [1.82, 2.24) is 29.7 Å². The Morgan fingerprint density at radius 2 is 1.89 bits per heavy atom. The quantitative estimate of drug-likeness (QED) is 0.726. The van der Waals surface area contributed by atoms with Crippen molar-refractivity contribution in [2.45, 2.75) is 0 Å². The predicted octanol–water partition coefficient (Wildman–Crippen LogP) is 1.90. The summed E-state index contributed by atoms with van der Waals surface area (Å²) in [5.74, 6) is 0.845. The highest BCUT2D eigenvalue weighted by atomic mass is 35.5. The van der Waals surface area contributed by atoms with Gasteiger partial charge in [0.2, 0.25) is 5.28 Å². The molecule has 0 saturated carbocycles. The van der Waals surface area contributed by atoms with E-state index in [0.717, 1.165) is 0 Å². The average Bonchev–Trinajstić information content (AvgIpc) is 2.93. The van der Waals surface area contributed by atoms with Gasteiger partial charge in [-0.3, -0.25) is 0 Å². The number of halogens is 1. The van der Waals surface area contributed by atoms with Crippen molar-refractivity contribution in [3.8, 4) is 17.7 Å². The van der Waals surface area contributed by atoms with Gasteiger partial charge in [0.25, 0.3) is 5.95 Å². The molecule has 8 heteroatoms. The Kier molecular flexibility index (Phi) is 3.03. The summed E-state index contributed by atoms with van der Waals surface area (Å²) in [5.41, 5.74) is 0. The fourth-order valence-electron chi connectivity index (χ4n) is 1.38. The zero-order valence-corrected chi connectivity index (χ0v) is 10.3. The topological polar surface area (TPSA) is 78.6 Å². The molecular formula is C11H7ClN6O. The molecule has 3 rings (SSSR count). The van der Waals surface area contributed by atoms with Gasteiger partial charge < -0.3 is 4.74 Å². The van der Waals surface area contributed by atoms with Gasteiger partial charge in [-0.1, -0.05) is 18.2 Å². The molecule has 2 heterocycles. The SMILES string of the molecule is Clc1nc(Oc2ccccc2)nc(-n2cncn2)n1. The van der Waals surface area contributed by atoms with Crippen molar-refractivity contribution in [3.63, 3.8) is 0 Å². The van der Waals surface area contributed by atoms with Crippen LogP contribution in [0.5, 0.6) is 11.8 Å². The minimum atomic E-state index is 0.0198. The lowest BCUT2D eigenvalue weighted by Crippen LogP contribution is -2.05. The highest BCUT2D eigenvalue weighted by Gasteiger charge is 2.09. The van der Waals surface area contributed by atoms with E-state index in [1.165, 1.54) is 17.3 Å². The first-order chi connectivity index (χ1) is 9.31. The van der Waals surface area contributed by atoms with Crippen LogP contribution in [0.4, 0.5) is 0 Å². The number of nitrogens with zero attached hydrogens (tertiary/aromatic N) is 6. The molecule has 0 saturated heterocycles. The second-order valence-electron chi connectivity index (χ2n) is 3.44. The molecule has 2 aromatic heterocycles. The molecule has 94 valence electrons. The summed E-state index contributed by atoms with van der Waals surface area (Å²) >= 11 is 5.83. The lowest BCUT2D eigenvalue weighted by atomic mass is 10.3. The number of aromatic nitrogens is 6. The van der Waals surface area contributed by atoms with Crippen LogP contribution in [0.2, 0.25) is 5.28 Å². The zero-order chi connectivity index (χ0) is 13.1. The fourth-order valence-corrected chi connectivity index (χ4v) is 1.52. The molecular weight excluding hydrogens is 268 g/mol. The monoisotopic (exact) mass is 274 g/mol. The van der Waals surface area contributed by atoms with Gasteiger partial charge in [-0.15, -0.1) is 0 Å². The van der Waals surface area contributed by atoms with E-state index in [2.05, 4.69) is 25.0 Å². The molecule has 0 bridgehead atoms. The maximum atomic E-state index is 5.83. The molecule has 0 spiro atoms. The Balaban J connectivity index is 1.94. The van der Waals surface area contributed by atoms with E-state index < -0.39 is 0 Å². The standard InChI is InChI=1S/C11H7ClN6O/c12-9-15-10(18-7-13-6-14-18)17-11(16-9)19-8-4-2-1-3-5-8/h1-7H. The maximum Gasteiger partial charge on any atom is 0.328 e. The fraction of sp³-hybridized carbons (Fsp3) is 0. The lowest BCUT2D eigenvalue weighted by Gasteiger charge is -2.05. The zero-order valence-electron chi connectivity index (χ0n) is 9.51. The third-order valence-corrected chi connectivity index (χ3v) is 2.32. The summed E-state index contributed by atoms with van der Waals surface area (Å²) in [4.78, 5) is 15.8. The van der Waals surface area contributed by atoms with Crippen LogP contribution < -0.4 is 4.74 Å². The molecule has 3 aromatic rings. The van der Waals surface area contributed by atoms with Gasteiger partial charge in [-0.25, -0.2) is 4.98 Å². The van der Waals surface area contributed by atoms with Crippen molar-refractivity contribution >= 4 is 11.6 Å². The third kappa shape index (κ3) is 2.66. The van der Waals surface area contributed by atoms with Crippen LogP contribution in [0.25, 0.3) is 5.95 Å². The third-order valence-electron chi connectivity index (χ3n) is 2.15. The Morgan fingerprint density at radius 1 is 1.05 bits per heavy atom. The van der Waals surface area contributed by atoms with Gasteiger partial charge >= 0.3 is 6.01 Å². The summed E-state index contributed by atoms with van der Waals surface area (Å²) in [6.45, 7) is 0. The predicted molar refractivity (Wildman–Crippen MR) is 66.3 cm³/mol. The number of hydrogen-bond donors (Lipinski definition) is 0. The normalized spacial score (nSPS) is 10.4. The van der Waals surface area contributed by atoms with Crippen molar-refractivity contribution in [2.24, 2.45) is 0 Å². The second-order valence-corrected chi connectivity index (χ2v) is 3.78. The largest absolute Gasteiger partial charge is 0.424 e. The van der Waals surface area contributed by atoms with E-state index in [4.69, 9.17) is 16.3 Å². The minimum Gasteiger partial charge on any atom is -0.424 e. The maximum absolute atomic E-state index is 5.83. The van der Waals surface area contributed by atoms with Crippen LogP contribution in [0.3, 0.4) is 0 Å². The van der Waals surface area contributed by atoms with Crippen molar-refractivity contribution in [3.05, 3.63) is 48.3 Å². The lowest BCUT2D eigenvalue weighted by molar-refractivity contribution is 0.437. The van der Waals surface area contributed by atoms with E-state index in [-0.39, 0.29) is 17.2 Å². The molecule has 19 heavy (non-hydrogen) atoms. The van der Waals surface area contributed by atoms with Gasteiger partial charge in [0.1, 0.15) is 18.4 Å². The van der Waals surface area contributed by atoms with Gasteiger partial charge in [-0.05, 0) is 23.7 Å². The van der Waals surface area contributed by atoms with Gasteiger partial charge in [0.05, 0.1) is 0 Å². The summed E-state index contributed by atoms with van der Waals surface area (Å²) in [6.07, 6.45) is 2.83. The number of hydrogen-bond acceptors (Lipinski definition) is 6. The average molecular weight is 275 g/mol. The minimum absolute atomic E-state index is 0.0198. The molecule has 0 radical (unpaired) electrons. The second kappa shape index (κ2) is 4.99. The van der Waals surface area contributed by atoms with Crippen LogP contribution in [0, 0.1) is 0 Å². The molecule has 0 amide bonds. The summed E-state index contributed by atoms with van der Waals surface area (Å²) < 4.78 is 6.86. The van der Waals surface area contributed by atoms with Crippen LogP contribution in [-0.4, -0.2) is 29.7 Å². The van der Waals surface area contributed by atoms with Crippen molar-refractivity contribution in [1.29, 1.82) is 0 Å². The van der Waals surface area contributed by atoms with Crippen LogP contribution >= 0.6 is 11.6 Å². The van der Waals surface area contributed by atoms with Gasteiger partial charge in [0, 0.05) is 0 Å². The Hall–Kier alpha value is -2.54. The van der Waals surface area contributed by atoms with Crippen molar-refractivity contribution < 1.29 is 4.74 Å². The molecule has 0 N–H and O–H groups in total. The summed E-state index contributed by atoms with van der Waals surface area (Å²) in [7, 11) is 0. The number of rotatable bonds is 3. The van der Waals surface area contributed by atoms with Gasteiger partial charge in [0.15, 0.2) is 0 Å². The van der Waals surface area contributed by atoms with Crippen molar-refractivity contribution in [2.75, 3.05) is 0 Å². The molecule has 1 aromatic carbocycles. The molecule has 0 aliphatic heterocycles. The van der Waals surface area contributed by atoms with E-state index in [0.29, 0.717) is 5.75 Å². The highest BCUT2D eigenvalue weighted by molar-refractivity contribution is 6.28.